The number of hydrogen-bond acceptors (Lipinski definition) is 6. The summed E-state index contributed by atoms with van der Waals surface area (Å²) in [5, 5.41) is 2.84. The fraction of sp³-hybridized carbons (Fsp3) is 0.391. The Bertz CT molecular complexity index is 1110. The number of amides is 2. The highest BCUT2D eigenvalue weighted by atomic mass is 32.2. The van der Waals surface area contributed by atoms with Crippen LogP contribution in [0.2, 0.25) is 0 Å². The summed E-state index contributed by atoms with van der Waals surface area (Å²) in [6.07, 6.45) is 0.484. The number of carbonyl (C=O) groups excluding carboxylic acids is 2. The van der Waals surface area contributed by atoms with Crippen LogP contribution < -0.4 is 11.1 Å². The van der Waals surface area contributed by atoms with Crippen molar-refractivity contribution in [2.45, 2.75) is 30.4 Å². The summed E-state index contributed by atoms with van der Waals surface area (Å²) in [7, 11) is -3.55. The zero-order chi connectivity index (χ0) is 23.4. The van der Waals surface area contributed by atoms with Crippen LogP contribution in [0.4, 0.5) is 0 Å². The van der Waals surface area contributed by atoms with Crippen LogP contribution in [0.3, 0.4) is 0 Å². The van der Waals surface area contributed by atoms with Crippen molar-refractivity contribution in [2.24, 2.45) is 5.73 Å². The Morgan fingerprint density at radius 2 is 1.70 bits per heavy atom. The van der Waals surface area contributed by atoms with Crippen molar-refractivity contribution < 1.29 is 22.7 Å². The van der Waals surface area contributed by atoms with Crippen LogP contribution in [0, 0.1) is 0 Å². The van der Waals surface area contributed by atoms with E-state index < -0.39 is 22.0 Å². The predicted octanol–water partition coefficient (Wildman–Crippen LogP) is 0.236. The number of fused-ring (bicyclic) bond motifs is 1. The van der Waals surface area contributed by atoms with Crippen LogP contribution in [0.25, 0.3) is 0 Å². The maximum absolute atomic E-state index is 12.7. The van der Waals surface area contributed by atoms with Gasteiger partial charge in [0, 0.05) is 26.2 Å². The Morgan fingerprint density at radius 1 is 1.03 bits per heavy atom. The molecule has 2 amide bonds. The second kappa shape index (κ2) is 10.0. The number of primary amides is 1. The highest BCUT2D eigenvalue weighted by molar-refractivity contribution is 7.89. The van der Waals surface area contributed by atoms with Gasteiger partial charge in [-0.3, -0.25) is 14.5 Å². The number of morpholine rings is 1. The van der Waals surface area contributed by atoms with E-state index in [0.717, 1.165) is 16.7 Å². The van der Waals surface area contributed by atoms with Gasteiger partial charge in [0.1, 0.15) is 0 Å². The fourth-order valence-corrected chi connectivity index (χ4v) is 5.59. The van der Waals surface area contributed by atoms with Gasteiger partial charge < -0.3 is 15.8 Å². The van der Waals surface area contributed by atoms with Gasteiger partial charge in [-0.05, 0) is 35.2 Å². The maximum Gasteiger partial charge on any atom is 0.243 e. The molecule has 0 saturated carbocycles. The van der Waals surface area contributed by atoms with Gasteiger partial charge in [0.05, 0.1) is 30.7 Å². The summed E-state index contributed by atoms with van der Waals surface area (Å²) in [6.45, 7) is 2.24. The zero-order valence-electron chi connectivity index (χ0n) is 18.3. The van der Waals surface area contributed by atoms with Crippen LogP contribution >= 0.6 is 0 Å². The zero-order valence-corrected chi connectivity index (χ0v) is 19.1. The quantitative estimate of drug-likeness (QED) is 0.595. The first-order valence-corrected chi connectivity index (χ1v) is 12.3. The normalized spacial score (nSPS) is 19.6. The average molecular weight is 473 g/mol. The van der Waals surface area contributed by atoms with E-state index in [2.05, 4.69) is 5.32 Å². The van der Waals surface area contributed by atoms with Gasteiger partial charge in [0.25, 0.3) is 0 Å². The molecule has 3 N–H and O–H groups in total. The molecule has 0 aromatic heterocycles. The van der Waals surface area contributed by atoms with Crippen molar-refractivity contribution in [1.82, 2.24) is 14.5 Å². The summed E-state index contributed by atoms with van der Waals surface area (Å²) in [6, 6.07) is 13.8. The molecule has 2 aromatic rings. The van der Waals surface area contributed by atoms with E-state index in [1.807, 2.05) is 24.3 Å². The van der Waals surface area contributed by atoms with Crippen molar-refractivity contribution in [1.29, 1.82) is 0 Å². The lowest BCUT2D eigenvalue weighted by Crippen LogP contribution is -2.51. The van der Waals surface area contributed by atoms with E-state index in [9.17, 15) is 18.0 Å². The van der Waals surface area contributed by atoms with Crippen molar-refractivity contribution in [3.63, 3.8) is 0 Å². The van der Waals surface area contributed by atoms with Gasteiger partial charge in [-0.1, -0.05) is 36.4 Å². The SMILES string of the molecule is NC(=O)C1Cc2ccccc2CN1CC(=O)NCc1ccc(S(=O)(=O)N2CCOCC2)cc1. The Kier molecular flexibility index (Phi) is 7.08. The molecule has 0 bridgehead atoms. The molecular formula is C23H28N4O5S. The summed E-state index contributed by atoms with van der Waals surface area (Å²) < 4.78 is 32.1. The molecule has 9 nitrogen and oxygen atoms in total. The van der Waals surface area contributed by atoms with Crippen LogP contribution in [0.5, 0.6) is 0 Å². The van der Waals surface area contributed by atoms with E-state index in [0.29, 0.717) is 39.3 Å². The number of benzene rings is 2. The van der Waals surface area contributed by atoms with E-state index in [1.165, 1.54) is 4.31 Å². The van der Waals surface area contributed by atoms with Gasteiger partial charge in [-0.2, -0.15) is 4.31 Å². The molecule has 0 radical (unpaired) electrons. The molecular weight excluding hydrogens is 444 g/mol. The van der Waals surface area contributed by atoms with Crippen LogP contribution in [-0.4, -0.2) is 68.3 Å². The largest absolute Gasteiger partial charge is 0.379 e. The molecule has 10 heteroatoms. The Hall–Kier alpha value is -2.79. The number of nitrogens with one attached hydrogen (secondary N) is 1. The summed E-state index contributed by atoms with van der Waals surface area (Å²) in [5.74, 6) is -0.681. The van der Waals surface area contributed by atoms with Gasteiger partial charge >= 0.3 is 0 Å². The minimum absolute atomic E-state index is 0.0471. The van der Waals surface area contributed by atoms with E-state index >= 15 is 0 Å². The monoisotopic (exact) mass is 472 g/mol. The number of ether oxygens (including phenoxy) is 1. The van der Waals surface area contributed by atoms with Crippen molar-refractivity contribution >= 4 is 21.8 Å². The van der Waals surface area contributed by atoms with Crippen molar-refractivity contribution in [2.75, 3.05) is 32.8 Å². The Morgan fingerprint density at radius 3 is 2.36 bits per heavy atom. The molecule has 176 valence electrons. The van der Waals surface area contributed by atoms with E-state index in [-0.39, 0.29) is 23.9 Å². The van der Waals surface area contributed by atoms with Crippen LogP contribution in [0.15, 0.2) is 53.4 Å². The molecule has 1 unspecified atom stereocenters. The number of rotatable bonds is 7. The third-order valence-electron chi connectivity index (χ3n) is 6.04. The summed E-state index contributed by atoms with van der Waals surface area (Å²) in [5.41, 5.74) is 8.52. The molecule has 4 rings (SSSR count). The highest BCUT2D eigenvalue weighted by Gasteiger charge is 2.31. The maximum atomic E-state index is 12.7. The van der Waals surface area contributed by atoms with Crippen molar-refractivity contribution in [3.8, 4) is 0 Å². The van der Waals surface area contributed by atoms with Crippen LogP contribution in [-0.2, 0) is 43.9 Å². The fourth-order valence-electron chi connectivity index (χ4n) is 4.18. The van der Waals surface area contributed by atoms with E-state index in [4.69, 9.17) is 10.5 Å². The van der Waals surface area contributed by atoms with Crippen LogP contribution in [0.1, 0.15) is 16.7 Å². The molecule has 1 saturated heterocycles. The molecule has 1 atom stereocenters. The molecule has 2 aliphatic rings. The molecule has 0 aliphatic carbocycles. The standard InChI is InChI=1S/C23H28N4O5S/c24-23(29)21-13-18-3-1-2-4-19(18)15-26(21)16-22(28)25-14-17-5-7-20(8-6-17)33(30,31)27-9-11-32-12-10-27/h1-8,21H,9-16H2,(H2,24,29)(H,25,28). The lowest BCUT2D eigenvalue weighted by atomic mass is 9.93. The third-order valence-corrected chi connectivity index (χ3v) is 7.95. The molecule has 33 heavy (non-hydrogen) atoms. The summed E-state index contributed by atoms with van der Waals surface area (Å²) in [4.78, 5) is 26.5. The highest BCUT2D eigenvalue weighted by Crippen LogP contribution is 2.23. The van der Waals surface area contributed by atoms with Gasteiger partial charge in [-0.25, -0.2) is 8.42 Å². The average Bonchev–Trinajstić information content (AvgIpc) is 2.83. The first kappa shape index (κ1) is 23.4. The number of nitrogens with zero attached hydrogens (tertiary/aromatic N) is 2. The smallest absolute Gasteiger partial charge is 0.243 e. The molecule has 2 heterocycles. The number of sulfonamides is 1. The second-order valence-electron chi connectivity index (χ2n) is 8.23. The Balaban J connectivity index is 1.34. The number of nitrogens with two attached hydrogens (primary N) is 1. The number of carbonyl (C=O) groups is 2. The predicted molar refractivity (Wildman–Crippen MR) is 121 cm³/mol. The Labute approximate surface area is 193 Å². The molecule has 0 spiro atoms. The summed E-state index contributed by atoms with van der Waals surface area (Å²) >= 11 is 0. The minimum Gasteiger partial charge on any atom is -0.379 e. The first-order valence-electron chi connectivity index (χ1n) is 10.9. The lowest BCUT2D eigenvalue weighted by molar-refractivity contribution is -0.127. The first-order chi connectivity index (χ1) is 15.8. The van der Waals surface area contributed by atoms with Gasteiger partial charge in [0.2, 0.25) is 21.8 Å². The van der Waals surface area contributed by atoms with Crippen molar-refractivity contribution in [3.05, 3.63) is 65.2 Å². The molecule has 1 fully saturated rings. The minimum atomic E-state index is -3.55. The number of hydrogen-bond donors (Lipinski definition) is 2. The molecule has 2 aromatic carbocycles. The van der Waals surface area contributed by atoms with Gasteiger partial charge in [-0.15, -0.1) is 0 Å². The third kappa shape index (κ3) is 5.41. The topological polar surface area (TPSA) is 122 Å². The second-order valence-corrected chi connectivity index (χ2v) is 10.2. The van der Waals surface area contributed by atoms with E-state index in [1.54, 1.807) is 29.2 Å². The van der Waals surface area contributed by atoms with Gasteiger partial charge in [0.15, 0.2) is 0 Å². The molecule has 2 aliphatic heterocycles. The lowest BCUT2D eigenvalue weighted by Gasteiger charge is -2.34.